The third-order valence-corrected chi connectivity index (χ3v) is 5.20. The van der Waals surface area contributed by atoms with Gasteiger partial charge in [0, 0.05) is 23.9 Å². The lowest BCUT2D eigenvalue weighted by molar-refractivity contribution is -0.123. The molecular weight excluding hydrogens is 260 g/mol. The molecule has 1 aromatic carbocycles. The first-order valence-electron chi connectivity index (χ1n) is 8.26. The number of hydrogen-bond donors (Lipinski definition) is 2. The number of carbonyl (C=O) groups is 1. The number of rotatable bonds is 5. The summed E-state index contributed by atoms with van der Waals surface area (Å²) in [6, 6.07) is 10.9. The molecule has 1 amide bonds. The van der Waals surface area contributed by atoms with Gasteiger partial charge >= 0.3 is 0 Å². The Morgan fingerprint density at radius 1 is 1.19 bits per heavy atom. The van der Waals surface area contributed by atoms with Crippen molar-refractivity contribution in [1.82, 2.24) is 10.6 Å². The van der Waals surface area contributed by atoms with Gasteiger partial charge in [-0.25, -0.2) is 0 Å². The summed E-state index contributed by atoms with van der Waals surface area (Å²) >= 11 is 0. The molecule has 0 saturated heterocycles. The molecule has 2 N–H and O–H groups in total. The molecule has 0 bridgehead atoms. The zero-order valence-electron chi connectivity index (χ0n) is 12.9. The van der Waals surface area contributed by atoms with E-state index in [2.05, 4.69) is 34.9 Å². The van der Waals surface area contributed by atoms with Crippen molar-refractivity contribution in [2.45, 2.75) is 62.4 Å². The average molecular weight is 286 g/mol. The average Bonchev–Trinajstić information content (AvgIpc) is 3.28. The predicted octanol–water partition coefficient (Wildman–Crippen LogP) is 2.97. The van der Waals surface area contributed by atoms with Gasteiger partial charge in [-0.3, -0.25) is 4.79 Å². The van der Waals surface area contributed by atoms with Crippen molar-refractivity contribution in [1.29, 1.82) is 0 Å². The first-order valence-corrected chi connectivity index (χ1v) is 8.26. The van der Waals surface area contributed by atoms with Crippen LogP contribution in [-0.2, 0) is 4.79 Å². The maximum atomic E-state index is 12.4. The van der Waals surface area contributed by atoms with Crippen LogP contribution >= 0.6 is 0 Å². The van der Waals surface area contributed by atoms with Crippen LogP contribution in [0, 0.1) is 0 Å². The number of benzene rings is 1. The fourth-order valence-electron chi connectivity index (χ4n) is 3.73. The minimum Gasteiger partial charge on any atom is -0.353 e. The van der Waals surface area contributed by atoms with Crippen LogP contribution < -0.4 is 10.6 Å². The second-order valence-corrected chi connectivity index (χ2v) is 6.69. The highest BCUT2D eigenvalue weighted by atomic mass is 16.1. The van der Waals surface area contributed by atoms with Gasteiger partial charge < -0.3 is 10.6 Å². The van der Waals surface area contributed by atoms with Crippen molar-refractivity contribution < 1.29 is 4.79 Å². The van der Waals surface area contributed by atoms with Gasteiger partial charge in [0.05, 0.1) is 0 Å². The molecule has 114 valence electrons. The van der Waals surface area contributed by atoms with E-state index < -0.39 is 0 Å². The molecule has 0 heterocycles. The van der Waals surface area contributed by atoms with Gasteiger partial charge in [-0.2, -0.15) is 0 Å². The lowest BCUT2D eigenvalue weighted by atomic mass is 9.79. The van der Waals surface area contributed by atoms with Crippen LogP contribution in [-0.4, -0.2) is 24.5 Å². The summed E-state index contributed by atoms with van der Waals surface area (Å²) in [6.45, 7) is 0. The molecule has 2 aliphatic carbocycles. The smallest absolute Gasteiger partial charge is 0.222 e. The molecule has 0 spiro atoms. The summed E-state index contributed by atoms with van der Waals surface area (Å²) in [5, 5.41) is 6.65. The van der Waals surface area contributed by atoms with Gasteiger partial charge in [0.1, 0.15) is 0 Å². The fraction of sp³-hybridized carbons (Fsp3) is 0.611. The van der Waals surface area contributed by atoms with Gasteiger partial charge in [0.15, 0.2) is 0 Å². The van der Waals surface area contributed by atoms with Crippen LogP contribution in [0.3, 0.4) is 0 Å². The van der Waals surface area contributed by atoms with Crippen LogP contribution in [0.4, 0.5) is 0 Å². The number of nitrogens with one attached hydrogen (secondary N) is 2. The van der Waals surface area contributed by atoms with E-state index in [-0.39, 0.29) is 11.4 Å². The maximum absolute atomic E-state index is 12.4. The molecule has 1 aromatic rings. The van der Waals surface area contributed by atoms with E-state index in [0.717, 1.165) is 19.3 Å². The van der Waals surface area contributed by atoms with Gasteiger partial charge in [-0.05, 0) is 31.9 Å². The van der Waals surface area contributed by atoms with Crippen LogP contribution in [0.25, 0.3) is 0 Å². The molecule has 0 aromatic heterocycles. The molecule has 3 rings (SSSR count). The Morgan fingerprint density at radius 3 is 2.57 bits per heavy atom. The number of amides is 1. The Kier molecular flexibility index (Phi) is 4.29. The molecule has 2 unspecified atom stereocenters. The van der Waals surface area contributed by atoms with Crippen LogP contribution in [0.5, 0.6) is 0 Å². The summed E-state index contributed by atoms with van der Waals surface area (Å²) in [5.74, 6) is 0.738. The lowest BCUT2D eigenvalue weighted by Gasteiger charge is -2.36. The largest absolute Gasteiger partial charge is 0.353 e. The van der Waals surface area contributed by atoms with Crippen LogP contribution in [0.2, 0.25) is 0 Å². The zero-order valence-corrected chi connectivity index (χ0v) is 12.9. The Balaban J connectivity index is 1.51. The third-order valence-electron chi connectivity index (χ3n) is 5.20. The highest BCUT2D eigenvalue weighted by Crippen LogP contribution is 2.41. The Bertz CT molecular complexity index is 479. The first kappa shape index (κ1) is 14.6. The van der Waals surface area contributed by atoms with E-state index >= 15 is 0 Å². The molecule has 0 aliphatic heterocycles. The molecule has 2 fully saturated rings. The molecule has 2 atom stereocenters. The second kappa shape index (κ2) is 6.18. The van der Waals surface area contributed by atoms with Gasteiger partial charge in [0.25, 0.3) is 0 Å². The van der Waals surface area contributed by atoms with Gasteiger partial charge in [0.2, 0.25) is 5.91 Å². The standard InChI is InChI=1S/C18H26N2O/c1-19-18(10-6-3-7-11-18)13-17(21)20-16-12-15(16)14-8-4-2-5-9-14/h2,4-5,8-9,15-16,19H,3,6-7,10-13H2,1H3,(H,20,21). The van der Waals surface area contributed by atoms with Crippen LogP contribution in [0.15, 0.2) is 30.3 Å². The van der Waals surface area contributed by atoms with Crippen molar-refractivity contribution in [3.05, 3.63) is 35.9 Å². The van der Waals surface area contributed by atoms with Crippen molar-refractivity contribution in [3.63, 3.8) is 0 Å². The molecule has 2 aliphatic rings. The Morgan fingerprint density at radius 2 is 1.90 bits per heavy atom. The quantitative estimate of drug-likeness (QED) is 0.873. The number of hydrogen-bond acceptors (Lipinski definition) is 2. The first-order chi connectivity index (χ1) is 10.2. The molecule has 2 saturated carbocycles. The Labute approximate surface area is 127 Å². The molecule has 21 heavy (non-hydrogen) atoms. The Hall–Kier alpha value is -1.35. The SMILES string of the molecule is CNC1(CC(=O)NC2CC2c2ccccc2)CCCCC1. The third kappa shape index (κ3) is 3.46. The van der Waals surface area contributed by atoms with E-state index in [4.69, 9.17) is 0 Å². The highest BCUT2D eigenvalue weighted by molar-refractivity contribution is 5.78. The monoisotopic (exact) mass is 286 g/mol. The summed E-state index contributed by atoms with van der Waals surface area (Å²) in [7, 11) is 2.00. The lowest BCUT2D eigenvalue weighted by Crippen LogP contribution is -2.48. The number of carbonyl (C=O) groups excluding carboxylic acids is 1. The minimum atomic E-state index is 0.0411. The molecular formula is C18H26N2O. The normalized spacial score (nSPS) is 27.1. The molecule has 3 nitrogen and oxygen atoms in total. The summed E-state index contributed by atoms with van der Waals surface area (Å²) in [4.78, 5) is 12.4. The van der Waals surface area contributed by atoms with Crippen LogP contribution in [0.1, 0.15) is 56.4 Å². The van der Waals surface area contributed by atoms with Gasteiger partial charge in [-0.1, -0.05) is 49.6 Å². The molecule has 3 heteroatoms. The van der Waals surface area contributed by atoms with E-state index in [0.29, 0.717) is 18.4 Å². The predicted molar refractivity (Wildman–Crippen MR) is 85.2 cm³/mol. The van der Waals surface area contributed by atoms with Crippen molar-refractivity contribution >= 4 is 5.91 Å². The van der Waals surface area contributed by atoms with Crippen molar-refractivity contribution in [2.75, 3.05) is 7.05 Å². The van der Waals surface area contributed by atoms with Crippen molar-refractivity contribution in [3.8, 4) is 0 Å². The maximum Gasteiger partial charge on any atom is 0.222 e. The van der Waals surface area contributed by atoms with E-state index in [1.54, 1.807) is 0 Å². The second-order valence-electron chi connectivity index (χ2n) is 6.69. The highest BCUT2D eigenvalue weighted by Gasteiger charge is 2.40. The summed E-state index contributed by atoms with van der Waals surface area (Å²) in [6.07, 6.45) is 7.76. The van der Waals surface area contributed by atoms with Gasteiger partial charge in [-0.15, -0.1) is 0 Å². The summed E-state index contributed by atoms with van der Waals surface area (Å²) in [5.41, 5.74) is 1.39. The molecule has 0 radical (unpaired) electrons. The minimum absolute atomic E-state index is 0.0411. The summed E-state index contributed by atoms with van der Waals surface area (Å²) < 4.78 is 0. The zero-order chi connectivity index (χ0) is 14.7. The van der Waals surface area contributed by atoms with E-state index in [1.165, 1.54) is 24.8 Å². The topological polar surface area (TPSA) is 41.1 Å². The fourth-order valence-corrected chi connectivity index (χ4v) is 3.73. The van der Waals surface area contributed by atoms with E-state index in [9.17, 15) is 4.79 Å². The van der Waals surface area contributed by atoms with Crippen molar-refractivity contribution in [2.24, 2.45) is 0 Å². The van der Waals surface area contributed by atoms with E-state index in [1.807, 2.05) is 13.1 Å².